The molecule has 170 valence electrons. The zero-order valence-electron chi connectivity index (χ0n) is 19.8. The number of hydrogen-bond acceptors (Lipinski definition) is 3. The molecule has 0 aliphatic heterocycles. The molecular formula is C27H45NO2. The number of nitrogens with zero attached hydrogens (tertiary/aromatic N) is 1. The number of benzene rings is 1. The Kier molecular flexibility index (Phi) is 16.0. The van der Waals surface area contributed by atoms with E-state index in [0.29, 0.717) is 6.42 Å². The van der Waals surface area contributed by atoms with Gasteiger partial charge in [0, 0.05) is 12.0 Å². The molecule has 0 aliphatic carbocycles. The van der Waals surface area contributed by atoms with Gasteiger partial charge in [-0.1, -0.05) is 101 Å². The Balaban J connectivity index is 1.99. The number of rotatable bonds is 18. The molecule has 0 radical (unpaired) electrons. The van der Waals surface area contributed by atoms with Gasteiger partial charge in [0.2, 0.25) is 0 Å². The van der Waals surface area contributed by atoms with Crippen LogP contribution >= 0.6 is 0 Å². The van der Waals surface area contributed by atoms with E-state index in [2.05, 4.69) is 19.1 Å². The van der Waals surface area contributed by atoms with E-state index in [0.717, 1.165) is 18.4 Å². The van der Waals surface area contributed by atoms with E-state index < -0.39 is 0 Å². The first-order valence-electron chi connectivity index (χ1n) is 12.2. The van der Waals surface area contributed by atoms with Crippen LogP contribution in [0.1, 0.15) is 109 Å². The van der Waals surface area contributed by atoms with Gasteiger partial charge in [0.15, 0.2) is 6.23 Å². The molecule has 0 bridgehead atoms. The van der Waals surface area contributed by atoms with E-state index in [1.54, 1.807) is 0 Å². The Bertz CT molecular complexity index is 553. The summed E-state index contributed by atoms with van der Waals surface area (Å²) in [6.07, 6.45) is 21.3. The van der Waals surface area contributed by atoms with E-state index in [1.807, 2.05) is 49.3 Å². The summed E-state index contributed by atoms with van der Waals surface area (Å²) < 4.78 is 5.69. The maximum absolute atomic E-state index is 12.2. The summed E-state index contributed by atoms with van der Waals surface area (Å²) >= 11 is 0. The van der Waals surface area contributed by atoms with Gasteiger partial charge in [0.25, 0.3) is 0 Å². The highest BCUT2D eigenvalue weighted by Gasteiger charge is 2.18. The normalized spacial score (nSPS) is 12.5. The van der Waals surface area contributed by atoms with Crippen LogP contribution in [0.15, 0.2) is 42.5 Å². The lowest BCUT2D eigenvalue weighted by Crippen LogP contribution is -2.25. The van der Waals surface area contributed by atoms with Crippen molar-refractivity contribution in [3.8, 4) is 0 Å². The van der Waals surface area contributed by atoms with Crippen LogP contribution in [0.5, 0.6) is 0 Å². The largest absolute Gasteiger partial charge is 0.442 e. The lowest BCUT2D eigenvalue weighted by atomic mass is 10.1. The molecule has 1 rings (SSSR count). The molecule has 0 amide bonds. The number of esters is 1. The second-order valence-electron chi connectivity index (χ2n) is 8.55. The van der Waals surface area contributed by atoms with Crippen LogP contribution in [-0.4, -0.2) is 25.0 Å². The third kappa shape index (κ3) is 13.6. The minimum absolute atomic E-state index is 0.102. The minimum Gasteiger partial charge on any atom is -0.442 e. The first-order valence-corrected chi connectivity index (χ1v) is 12.2. The van der Waals surface area contributed by atoms with Crippen molar-refractivity contribution in [3.63, 3.8) is 0 Å². The maximum Gasteiger partial charge on any atom is 0.307 e. The SMILES string of the molecule is CCCCCCCCC=CCCCCCCCC(=O)OC(c1ccccc1)N(C)C. The molecule has 0 aromatic heterocycles. The van der Waals surface area contributed by atoms with Crippen LogP contribution in [0.3, 0.4) is 0 Å². The number of allylic oxidation sites excluding steroid dienone is 2. The van der Waals surface area contributed by atoms with Crippen LogP contribution in [-0.2, 0) is 9.53 Å². The molecule has 3 nitrogen and oxygen atoms in total. The number of unbranched alkanes of at least 4 members (excludes halogenated alkanes) is 11. The predicted molar refractivity (Wildman–Crippen MR) is 128 cm³/mol. The Morgan fingerprint density at radius 3 is 1.93 bits per heavy atom. The Hall–Kier alpha value is -1.61. The van der Waals surface area contributed by atoms with Crippen LogP contribution in [0.4, 0.5) is 0 Å². The summed E-state index contributed by atoms with van der Waals surface area (Å²) in [7, 11) is 3.88. The molecule has 0 spiro atoms. The van der Waals surface area contributed by atoms with Gasteiger partial charge in [0.05, 0.1) is 0 Å². The second kappa shape index (κ2) is 18.2. The summed E-state index contributed by atoms with van der Waals surface area (Å²) in [6.45, 7) is 2.27. The average Bonchev–Trinajstić information content (AvgIpc) is 2.75. The molecular weight excluding hydrogens is 370 g/mol. The fraction of sp³-hybridized carbons (Fsp3) is 0.667. The van der Waals surface area contributed by atoms with Crippen LogP contribution in [0.25, 0.3) is 0 Å². The molecule has 0 saturated heterocycles. The van der Waals surface area contributed by atoms with Gasteiger partial charge < -0.3 is 4.74 Å². The quantitative estimate of drug-likeness (QED) is 0.106. The van der Waals surface area contributed by atoms with E-state index in [1.165, 1.54) is 70.6 Å². The highest BCUT2D eigenvalue weighted by atomic mass is 16.6. The van der Waals surface area contributed by atoms with Crippen LogP contribution in [0.2, 0.25) is 0 Å². The van der Waals surface area contributed by atoms with Crippen molar-refractivity contribution in [2.24, 2.45) is 0 Å². The van der Waals surface area contributed by atoms with Gasteiger partial charge in [-0.2, -0.15) is 0 Å². The summed E-state index contributed by atoms with van der Waals surface area (Å²) in [5, 5.41) is 0. The molecule has 0 heterocycles. The highest BCUT2D eigenvalue weighted by molar-refractivity contribution is 5.69. The number of carbonyl (C=O) groups excluding carboxylic acids is 1. The van der Waals surface area contributed by atoms with Crippen molar-refractivity contribution in [1.82, 2.24) is 4.90 Å². The van der Waals surface area contributed by atoms with Gasteiger partial charge in [-0.3, -0.25) is 9.69 Å². The molecule has 1 atom stereocenters. The topological polar surface area (TPSA) is 29.5 Å². The van der Waals surface area contributed by atoms with Crippen molar-refractivity contribution in [3.05, 3.63) is 48.0 Å². The van der Waals surface area contributed by atoms with Crippen LogP contribution < -0.4 is 0 Å². The van der Waals surface area contributed by atoms with E-state index in [9.17, 15) is 4.79 Å². The summed E-state index contributed by atoms with van der Waals surface area (Å²) in [6, 6.07) is 9.93. The van der Waals surface area contributed by atoms with Crippen molar-refractivity contribution >= 4 is 5.97 Å². The summed E-state index contributed by atoms with van der Waals surface area (Å²) in [4.78, 5) is 14.1. The zero-order valence-corrected chi connectivity index (χ0v) is 19.8. The van der Waals surface area contributed by atoms with Gasteiger partial charge in [-0.05, 0) is 46.2 Å². The lowest BCUT2D eigenvalue weighted by Gasteiger charge is -2.24. The molecule has 0 N–H and O–H groups in total. The fourth-order valence-corrected chi connectivity index (χ4v) is 3.61. The Labute approximate surface area is 185 Å². The smallest absolute Gasteiger partial charge is 0.307 e. The Morgan fingerprint density at radius 1 is 0.833 bits per heavy atom. The monoisotopic (exact) mass is 415 g/mol. The predicted octanol–water partition coefficient (Wildman–Crippen LogP) is 7.83. The van der Waals surface area contributed by atoms with Gasteiger partial charge in [0.1, 0.15) is 0 Å². The molecule has 0 fully saturated rings. The highest BCUT2D eigenvalue weighted by Crippen LogP contribution is 2.20. The fourth-order valence-electron chi connectivity index (χ4n) is 3.61. The second-order valence-corrected chi connectivity index (χ2v) is 8.55. The summed E-state index contributed by atoms with van der Waals surface area (Å²) in [5.41, 5.74) is 1.01. The van der Waals surface area contributed by atoms with Gasteiger partial charge >= 0.3 is 5.97 Å². The zero-order chi connectivity index (χ0) is 21.9. The maximum atomic E-state index is 12.2. The third-order valence-corrected chi connectivity index (χ3v) is 5.44. The number of carbonyl (C=O) groups is 1. The van der Waals surface area contributed by atoms with E-state index in [-0.39, 0.29) is 12.2 Å². The molecule has 1 unspecified atom stereocenters. The molecule has 1 aromatic rings. The first-order chi connectivity index (χ1) is 14.6. The molecule has 30 heavy (non-hydrogen) atoms. The van der Waals surface area contributed by atoms with Crippen molar-refractivity contribution in [1.29, 1.82) is 0 Å². The third-order valence-electron chi connectivity index (χ3n) is 5.44. The average molecular weight is 416 g/mol. The van der Waals surface area contributed by atoms with Crippen molar-refractivity contribution in [2.75, 3.05) is 14.1 Å². The molecule has 1 aromatic carbocycles. The summed E-state index contributed by atoms with van der Waals surface area (Å²) in [5.74, 6) is -0.102. The number of ether oxygens (including phenoxy) is 1. The standard InChI is InChI=1S/C27H45NO2/c1-4-5-6-7-8-9-10-11-12-13-14-15-16-17-21-24-26(29)30-27(28(2)3)25-22-19-18-20-23-25/h11-12,18-20,22-23,27H,4-10,13-17,21,24H2,1-3H3. The Morgan fingerprint density at radius 2 is 1.37 bits per heavy atom. The lowest BCUT2D eigenvalue weighted by molar-refractivity contribution is -0.158. The molecule has 0 aliphatic rings. The van der Waals surface area contributed by atoms with E-state index in [4.69, 9.17) is 4.74 Å². The minimum atomic E-state index is -0.304. The van der Waals surface area contributed by atoms with Crippen molar-refractivity contribution < 1.29 is 9.53 Å². The van der Waals surface area contributed by atoms with Crippen LogP contribution in [0, 0.1) is 0 Å². The van der Waals surface area contributed by atoms with E-state index >= 15 is 0 Å². The van der Waals surface area contributed by atoms with Gasteiger partial charge in [-0.25, -0.2) is 0 Å². The first kappa shape index (κ1) is 26.4. The van der Waals surface area contributed by atoms with Gasteiger partial charge in [-0.15, -0.1) is 0 Å². The number of hydrogen-bond donors (Lipinski definition) is 0. The molecule has 3 heteroatoms. The molecule has 0 saturated carbocycles. The van der Waals surface area contributed by atoms with Crippen molar-refractivity contribution in [2.45, 2.75) is 103 Å².